The lowest BCUT2D eigenvalue weighted by Crippen LogP contribution is -2.27. The number of hydrogen-bond acceptors (Lipinski definition) is 3. The molecule has 4 heteroatoms. The Morgan fingerprint density at radius 1 is 1.12 bits per heavy atom. The van der Waals surface area contributed by atoms with Crippen molar-refractivity contribution in [1.29, 1.82) is 0 Å². The van der Waals surface area contributed by atoms with Crippen LogP contribution >= 0.6 is 0 Å². The monoisotopic (exact) mass is 216 g/mol. The van der Waals surface area contributed by atoms with E-state index in [-0.39, 0.29) is 11.2 Å². The Bertz CT molecular complexity index is 520. The number of nitrogens with two attached hydrogens (primary N) is 1. The van der Waals surface area contributed by atoms with Crippen molar-refractivity contribution in [2.45, 2.75) is 6.61 Å². The molecular formula is C12H12N2O2. The predicted molar refractivity (Wildman–Crippen MR) is 61.8 cm³/mol. The second-order valence-electron chi connectivity index (χ2n) is 3.35. The first-order valence-corrected chi connectivity index (χ1v) is 4.92. The molecule has 2 rings (SSSR count). The first-order valence-electron chi connectivity index (χ1n) is 4.92. The van der Waals surface area contributed by atoms with Gasteiger partial charge in [-0.3, -0.25) is 4.79 Å². The highest BCUT2D eigenvalue weighted by atomic mass is 16.7. The van der Waals surface area contributed by atoms with Crippen molar-refractivity contribution in [3.8, 4) is 0 Å². The summed E-state index contributed by atoms with van der Waals surface area (Å²) in [5, 5.41) is 0. The van der Waals surface area contributed by atoms with Gasteiger partial charge in [0.05, 0.1) is 0 Å². The highest BCUT2D eigenvalue weighted by molar-refractivity contribution is 5.33. The van der Waals surface area contributed by atoms with Gasteiger partial charge in [-0.2, -0.15) is 4.73 Å². The molecule has 82 valence electrons. The van der Waals surface area contributed by atoms with Gasteiger partial charge in [0.25, 0.3) is 0 Å². The SMILES string of the molecule is Nc1cccn(OCc2ccccc2)c1=O. The summed E-state index contributed by atoms with van der Waals surface area (Å²) in [7, 11) is 0. The molecule has 0 unspecified atom stereocenters. The van der Waals surface area contributed by atoms with Crippen LogP contribution in [0.25, 0.3) is 0 Å². The smallest absolute Gasteiger partial charge is 0.306 e. The Morgan fingerprint density at radius 3 is 2.62 bits per heavy atom. The third kappa shape index (κ3) is 2.23. The molecule has 16 heavy (non-hydrogen) atoms. The average molecular weight is 216 g/mol. The highest BCUT2D eigenvalue weighted by Crippen LogP contribution is 1.98. The second kappa shape index (κ2) is 4.53. The van der Waals surface area contributed by atoms with Crippen molar-refractivity contribution in [2.24, 2.45) is 0 Å². The number of nitrogens with zero attached hydrogens (tertiary/aromatic N) is 1. The van der Waals surface area contributed by atoms with E-state index in [2.05, 4.69) is 0 Å². The number of rotatable bonds is 3. The van der Waals surface area contributed by atoms with E-state index in [4.69, 9.17) is 10.6 Å². The van der Waals surface area contributed by atoms with Crippen LogP contribution in [0, 0.1) is 0 Å². The molecular weight excluding hydrogens is 204 g/mol. The molecule has 0 atom stereocenters. The largest absolute Gasteiger partial charge is 0.406 e. The van der Waals surface area contributed by atoms with Crippen LogP contribution in [-0.4, -0.2) is 4.73 Å². The fourth-order valence-electron chi connectivity index (χ4n) is 1.31. The van der Waals surface area contributed by atoms with Crippen molar-refractivity contribution in [1.82, 2.24) is 4.73 Å². The van der Waals surface area contributed by atoms with Crippen molar-refractivity contribution in [3.05, 3.63) is 64.6 Å². The van der Waals surface area contributed by atoms with E-state index in [1.54, 1.807) is 18.3 Å². The van der Waals surface area contributed by atoms with Crippen molar-refractivity contribution >= 4 is 5.69 Å². The molecule has 0 radical (unpaired) electrons. The molecule has 0 amide bonds. The fraction of sp³-hybridized carbons (Fsp3) is 0.0833. The van der Waals surface area contributed by atoms with Gasteiger partial charge in [0.15, 0.2) is 0 Å². The number of aromatic nitrogens is 1. The number of nitrogen functional groups attached to an aromatic ring is 1. The van der Waals surface area contributed by atoms with Crippen LogP contribution in [0.3, 0.4) is 0 Å². The standard InChI is InChI=1S/C12H12N2O2/c13-11-7-4-8-14(12(11)15)16-9-10-5-2-1-3-6-10/h1-8H,9,13H2. The van der Waals surface area contributed by atoms with Crippen LogP contribution in [0.15, 0.2) is 53.5 Å². The lowest BCUT2D eigenvalue weighted by Gasteiger charge is -2.08. The summed E-state index contributed by atoms with van der Waals surface area (Å²) in [5.41, 5.74) is 6.31. The number of pyridine rings is 1. The van der Waals surface area contributed by atoms with Crippen LogP contribution in [0.2, 0.25) is 0 Å². The number of hydrogen-bond donors (Lipinski definition) is 1. The molecule has 2 aromatic rings. The van der Waals surface area contributed by atoms with Crippen molar-refractivity contribution < 1.29 is 4.84 Å². The lowest BCUT2D eigenvalue weighted by atomic mass is 10.2. The van der Waals surface area contributed by atoms with Gasteiger partial charge in [-0.15, -0.1) is 0 Å². The molecule has 0 aliphatic rings. The molecule has 4 nitrogen and oxygen atoms in total. The zero-order valence-electron chi connectivity index (χ0n) is 8.67. The minimum atomic E-state index is -0.335. The van der Waals surface area contributed by atoms with Crippen LogP contribution < -0.4 is 16.1 Å². The quantitative estimate of drug-likeness (QED) is 0.834. The molecule has 0 aliphatic heterocycles. The van der Waals surface area contributed by atoms with Gasteiger partial charge in [0.2, 0.25) is 0 Å². The lowest BCUT2D eigenvalue weighted by molar-refractivity contribution is 0.0896. The molecule has 0 fully saturated rings. The average Bonchev–Trinajstić information content (AvgIpc) is 2.32. The first-order chi connectivity index (χ1) is 7.77. The summed E-state index contributed by atoms with van der Waals surface area (Å²) >= 11 is 0. The van der Waals surface area contributed by atoms with E-state index >= 15 is 0 Å². The van der Waals surface area contributed by atoms with Gasteiger partial charge in [0.1, 0.15) is 12.3 Å². The highest BCUT2D eigenvalue weighted by Gasteiger charge is 1.99. The minimum Gasteiger partial charge on any atom is -0.406 e. The predicted octanol–water partition coefficient (Wildman–Crippen LogP) is 1.06. The van der Waals surface area contributed by atoms with E-state index in [1.165, 1.54) is 0 Å². The third-order valence-electron chi connectivity index (χ3n) is 2.16. The molecule has 0 saturated carbocycles. The maximum absolute atomic E-state index is 11.5. The normalized spacial score (nSPS) is 10.0. The zero-order valence-corrected chi connectivity index (χ0v) is 8.67. The Morgan fingerprint density at radius 2 is 1.88 bits per heavy atom. The summed E-state index contributed by atoms with van der Waals surface area (Å²) in [6.07, 6.45) is 1.54. The summed E-state index contributed by atoms with van der Waals surface area (Å²) in [6.45, 7) is 0.337. The summed E-state index contributed by atoms with van der Waals surface area (Å²) in [6, 6.07) is 12.8. The fourth-order valence-corrected chi connectivity index (χ4v) is 1.31. The van der Waals surface area contributed by atoms with Gasteiger partial charge in [-0.05, 0) is 17.7 Å². The Kier molecular flexibility index (Phi) is 2.91. The van der Waals surface area contributed by atoms with E-state index < -0.39 is 0 Å². The Balaban J connectivity index is 2.11. The third-order valence-corrected chi connectivity index (χ3v) is 2.16. The Hall–Kier alpha value is -2.23. The second-order valence-corrected chi connectivity index (χ2v) is 3.35. The maximum atomic E-state index is 11.5. The van der Waals surface area contributed by atoms with Gasteiger partial charge < -0.3 is 10.6 Å². The molecule has 1 heterocycles. The Labute approximate surface area is 92.9 Å². The van der Waals surface area contributed by atoms with E-state index in [0.29, 0.717) is 6.61 Å². The van der Waals surface area contributed by atoms with Crippen molar-refractivity contribution in [2.75, 3.05) is 5.73 Å². The number of benzene rings is 1. The van der Waals surface area contributed by atoms with Gasteiger partial charge in [0, 0.05) is 6.20 Å². The molecule has 0 aliphatic carbocycles. The maximum Gasteiger partial charge on any atom is 0.306 e. The molecule has 1 aromatic carbocycles. The number of anilines is 1. The first kappa shape index (κ1) is 10.3. The van der Waals surface area contributed by atoms with Crippen LogP contribution in [-0.2, 0) is 6.61 Å². The summed E-state index contributed by atoms with van der Waals surface area (Å²) in [5.74, 6) is 0. The van der Waals surface area contributed by atoms with E-state index in [1.807, 2.05) is 30.3 Å². The van der Waals surface area contributed by atoms with Gasteiger partial charge in [-0.1, -0.05) is 30.3 Å². The van der Waals surface area contributed by atoms with Crippen LogP contribution in [0.4, 0.5) is 5.69 Å². The molecule has 1 aromatic heterocycles. The van der Waals surface area contributed by atoms with Gasteiger partial charge in [-0.25, -0.2) is 0 Å². The molecule has 0 spiro atoms. The van der Waals surface area contributed by atoms with Crippen molar-refractivity contribution in [3.63, 3.8) is 0 Å². The molecule has 0 saturated heterocycles. The minimum absolute atomic E-state index is 0.176. The zero-order chi connectivity index (χ0) is 11.4. The van der Waals surface area contributed by atoms with Crippen LogP contribution in [0.1, 0.15) is 5.56 Å². The summed E-state index contributed by atoms with van der Waals surface area (Å²) in [4.78, 5) is 16.8. The summed E-state index contributed by atoms with van der Waals surface area (Å²) < 4.78 is 1.14. The van der Waals surface area contributed by atoms with E-state index in [0.717, 1.165) is 10.3 Å². The molecule has 2 N–H and O–H groups in total. The molecule has 0 bridgehead atoms. The van der Waals surface area contributed by atoms with E-state index in [9.17, 15) is 4.79 Å². The van der Waals surface area contributed by atoms with Crippen LogP contribution in [0.5, 0.6) is 0 Å². The van der Waals surface area contributed by atoms with Gasteiger partial charge >= 0.3 is 5.56 Å². The topological polar surface area (TPSA) is 57.2 Å².